The molecule has 3 nitrogen and oxygen atoms in total. The van der Waals surface area contributed by atoms with E-state index in [9.17, 15) is 0 Å². The van der Waals surface area contributed by atoms with Crippen LogP contribution in [0.3, 0.4) is 0 Å². The first-order valence-electron chi connectivity index (χ1n) is 11.7. The van der Waals surface area contributed by atoms with Crippen LogP contribution >= 0.6 is 0 Å². The van der Waals surface area contributed by atoms with E-state index >= 15 is 0 Å². The van der Waals surface area contributed by atoms with Gasteiger partial charge in [-0.1, -0.05) is 115 Å². The van der Waals surface area contributed by atoms with Gasteiger partial charge in [-0.3, -0.25) is 0 Å². The monoisotopic (exact) mass is 448 g/mol. The summed E-state index contributed by atoms with van der Waals surface area (Å²) < 4.78 is 6.43. The summed E-state index contributed by atoms with van der Waals surface area (Å²) in [5, 5.41) is 4.20. The lowest BCUT2D eigenvalue weighted by atomic mass is 10.0. The molecule has 0 bridgehead atoms. The number of furan rings is 1. The van der Waals surface area contributed by atoms with Crippen molar-refractivity contribution >= 4 is 32.8 Å². The summed E-state index contributed by atoms with van der Waals surface area (Å²) >= 11 is 0. The van der Waals surface area contributed by atoms with Crippen molar-refractivity contribution in [2.24, 2.45) is 0 Å². The van der Waals surface area contributed by atoms with Gasteiger partial charge in [-0.2, -0.15) is 4.98 Å². The van der Waals surface area contributed by atoms with Crippen LogP contribution in [0.1, 0.15) is 0 Å². The largest absolute Gasteiger partial charge is 0.437 e. The summed E-state index contributed by atoms with van der Waals surface area (Å²) in [6, 6.07) is 41.6. The first-order valence-corrected chi connectivity index (χ1v) is 11.7. The molecule has 35 heavy (non-hydrogen) atoms. The van der Waals surface area contributed by atoms with Gasteiger partial charge in [0.1, 0.15) is 5.58 Å². The van der Waals surface area contributed by atoms with Crippen molar-refractivity contribution in [3.63, 3.8) is 0 Å². The lowest BCUT2D eigenvalue weighted by Gasteiger charge is -2.08. The molecule has 2 aromatic heterocycles. The molecular formula is C32H20N2O. The Bertz CT molecular complexity index is 1820. The van der Waals surface area contributed by atoms with Crippen LogP contribution in [-0.4, -0.2) is 9.97 Å². The molecule has 164 valence electrons. The van der Waals surface area contributed by atoms with Gasteiger partial charge in [0.05, 0.1) is 11.1 Å². The lowest BCUT2D eigenvalue weighted by Crippen LogP contribution is -1.94. The zero-order valence-corrected chi connectivity index (χ0v) is 18.8. The molecular weight excluding hydrogens is 428 g/mol. The predicted octanol–water partition coefficient (Wildman–Crippen LogP) is 8.53. The number of hydrogen-bond donors (Lipinski definition) is 0. The topological polar surface area (TPSA) is 38.9 Å². The Labute approximate surface area is 202 Å². The van der Waals surface area contributed by atoms with Crippen LogP contribution in [0.4, 0.5) is 0 Å². The van der Waals surface area contributed by atoms with Gasteiger partial charge >= 0.3 is 0 Å². The molecule has 5 aromatic carbocycles. The van der Waals surface area contributed by atoms with Gasteiger partial charge in [0, 0.05) is 21.9 Å². The predicted molar refractivity (Wildman–Crippen MR) is 143 cm³/mol. The van der Waals surface area contributed by atoms with E-state index in [0.29, 0.717) is 11.5 Å². The highest BCUT2D eigenvalue weighted by Crippen LogP contribution is 2.39. The molecule has 0 spiro atoms. The van der Waals surface area contributed by atoms with Gasteiger partial charge in [-0.25, -0.2) is 4.98 Å². The van der Waals surface area contributed by atoms with Crippen molar-refractivity contribution in [3.05, 3.63) is 121 Å². The van der Waals surface area contributed by atoms with Crippen LogP contribution in [0.25, 0.3) is 66.6 Å². The van der Waals surface area contributed by atoms with E-state index in [-0.39, 0.29) is 0 Å². The van der Waals surface area contributed by atoms with Crippen LogP contribution < -0.4 is 0 Å². The number of benzene rings is 5. The molecule has 0 aliphatic heterocycles. The first kappa shape index (κ1) is 19.7. The Morgan fingerprint density at radius 2 is 1.09 bits per heavy atom. The van der Waals surface area contributed by atoms with E-state index in [1.807, 2.05) is 36.4 Å². The van der Waals surface area contributed by atoms with Crippen LogP contribution in [0, 0.1) is 0 Å². The van der Waals surface area contributed by atoms with Crippen molar-refractivity contribution in [2.75, 3.05) is 0 Å². The molecule has 7 rings (SSSR count). The van der Waals surface area contributed by atoms with Gasteiger partial charge in [0.15, 0.2) is 5.82 Å². The van der Waals surface area contributed by atoms with E-state index in [0.717, 1.165) is 49.5 Å². The molecule has 0 saturated heterocycles. The SMILES string of the molecule is c1ccc(-c2ccc(-c3nc(-c4ccccc4)c4c(n3)oc3c5ccccc5ccc34)cc2)cc1. The van der Waals surface area contributed by atoms with Crippen LogP contribution in [0.2, 0.25) is 0 Å². The third-order valence-electron chi connectivity index (χ3n) is 6.52. The average Bonchev–Trinajstić information content (AvgIpc) is 3.33. The summed E-state index contributed by atoms with van der Waals surface area (Å²) in [7, 11) is 0. The third kappa shape index (κ3) is 3.29. The fourth-order valence-corrected chi connectivity index (χ4v) is 4.78. The fourth-order valence-electron chi connectivity index (χ4n) is 4.78. The lowest BCUT2D eigenvalue weighted by molar-refractivity contribution is 0.657. The Balaban J connectivity index is 1.47. The molecule has 0 aliphatic rings. The van der Waals surface area contributed by atoms with Crippen molar-refractivity contribution in [2.45, 2.75) is 0 Å². The summed E-state index contributed by atoms with van der Waals surface area (Å²) in [6.45, 7) is 0. The fraction of sp³-hybridized carbons (Fsp3) is 0. The zero-order valence-electron chi connectivity index (χ0n) is 18.8. The Morgan fingerprint density at radius 3 is 1.86 bits per heavy atom. The number of rotatable bonds is 3. The van der Waals surface area contributed by atoms with E-state index in [1.165, 1.54) is 5.56 Å². The van der Waals surface area contributed by atoms with Gasteiger partial charge in [-0.05, 0) is 22.6 Å². The Morgan fingerprint density at radius 1 is 0.457 bits per heavy atom. The van der Waals surface area contributed by atoms with Crippen LogP contribution in [0.5, 0.6) is 0 Å². The van der Waals surface area contributed by atoms with Crippen molar-refractivity contribution < 1.29 is 4.42 Å². The maximum absolute atomic E-state index is 6.43. The molecule has 0 saturated carbocycles. The van der Waals surface area contributed by atoms with Gasteiger partial charge in [0.25, 0.3) is 0 Å². The molecule has 2 heterocycles. The minimum absolute atomic E-state index is 0.604. The Hall–Kier alpha value is -4.76. The molecule has 0 radical (unpaired) electrons. The number of fused-ring (bicyclic) bond motifs is 5. The highest BCUT2D eigenvalue weighted by Gasteiger charge is 2.19. The molecule has 3 heteroatoms. The zero-order chi connectivity index (χ0) is 23.2. The third-order valence-corrected chi connectivity index (χ3v) is 6.52. The quantitative estimate of drug-likeness (QED) is 0.272. The summed E-state index contributed by atoms with van der Waals surface area (Å²) in [5.74, 6) is 0.652. The number of hydrogen-bond acceptors (Lipinski definition) is 3. The Kier molecular flexibility index (Phi) is 4.46. The molecule has 0 N–H and O–H groups in total. The summed E-state index contributed by atoms with van der Waals surface area (Å²) in [6.07, 6.45) is 0. The standard InChI is InChI=1S/C32H20N2O/c1-3-9-21(10-4-1)22-15-17-25(18-16-22)31-33-29(24-12-5-2-6-13-24)28-27-20-19-23-11-7-8-14-26(23)30(27)35-32(28)34-31/h1-20H. The molecule has 0 unspecified atom stereocenters. The maximum atomic E-state index is 6.43. The summed E-state index contributed by atoms with van der Waals surface area (Å²) in [5.41, 5.74) is 6.67. The van der Waals surface area contributed by atoms with Gasteiger partial charge < -0.3 is 4.42 Å². The minimum Gasteiger partial charge on any atom is -0.437 e. The number of aromatic nitrogens is 2. The average molecular weight is 449 g/mol. The smallest absolute Gasteiger partial charge is 0.231 e. The van der Waals surface area contributed by atoms with Crippen molar-refractivity contribution in [3.8, 4) is 33.8 Å². The maximum Gasteiger partial charge on any atom is 0.231 e. The second-order valence-corrected chi connectivity index (χ2v) is 8.65. The van der Waals surface area contributed by atoms with Crippen LogP contribution in [0.15, 0.2) is 126 Å². The highest BCUT2D eigenvalue weighted by molar-refractivity contribution is 6.17. The molecule has 0 amide bonds. The van der Waals surface area contributed by atoms with Crippen molar-refractivity contribution in [1.29, 1.82) is 0 Å². The van der Waals surface area contributed by atoms with Gasteiger partial charge in [-0.15, -0.1) is 0 Å². The molecule has 0 fully saturated rings. The highest BCUT2D eigenvalue weighted by atomic mass is 16.3. The van der Waals surface area contributed by atoms with E-state index in [4.69, 9.17) is 14.4 Å². The minimum atomic E-state index is 0.604. The van der Waals surface area contributed by atoms with E-state index < -0.39 is 0 Å². The second kappa shape index (κ2) is 7.93. The molecule has 0 aliphatic carbocycles. The van der Waals surface area contributed by atoms with Gasteiger partial charge in [0.2, 0.25) is 5.71 Å². The van der Waals surface area contributed by atoms with Crippen molar-refractivity contribution in [1.82, 2.24) is 9.97 Å². The van der Waals surface area contributed by atoms with Crippen LogP contribution in [-0.2, 0) is 0 Å². The first-order chi connectivity index (χ1) is 17.3. The molecule has 0 atom stereocenters. The van der Waals surface area contributed by atoms with E-state index in [2.05, 4.69) is 84.9 Å². The molecule has 7 aromatic rings. The normalized spacial score (nSPS) is 11.4. The van der Waals surface area contributed by atoms with E-state index in [1.54, 1.807) is 0 Å². The number of nitrogens with zero attached hydrogens (tertiary/aromatic N) is 2. The second-order valence-electron chi connectivity index (χ2n) is 8.65. The summed E-state index contributed by atoms with van der Waals surface area (Å²) in [4.78, 5) is 9.98.